The third-order valence-electron chi connectivity index (χ3n) is 1.91. The summed E-state index contributed by atoms with van der Waals surface area (Å²) in [7, 11) is 3.05. The molecule has 0 aromatic rings. The van der Waals surface area contributed by atoms with Gasteiger partial charge in [-0.05, 0) is 6.42 Å². The van der Waals surface area contributed by atoms with Crippen molar-refractivity contribution in [3.8, 4) is 0 Å². The predicted molar refractivity (Wildman–Crippen MR) is 55.4 cm³/mol. The highest BCUT2D eigenvalue weighted by Gasteiger charge is 2.26. The van der Waals surface area contributed by atoms with Crippen molar-refractivity contribution in [1.29, 1.82) is 0 Å². The third kappa shape index (κ3) is 4.46. The summed E-state index contributed by atoms with van der Waals surface area (Å²) >= 11 is 0. The number of amides is 1. The Labute approximate surface area is 86.2 Å². The summed E-state index contributed by atoms with van der Waals surface area (Å²) in [6, 6.07) is 0. The molecule has 0 radical (unpaired) electrons. The van der Waals surface area contributed by atoms with E-state index in [0.717, 1.165) is 13.0 Å². The van der Waals surface area contributed by atoms with Crippen LogP contribution in [0, 0.1) is 0 Å². The average Bonchev–Trinajstić information content (AvgIpc) is 2.66. The van der Waals surface area contributed by atoms with Crippen LogP contribution in [-0.2, 0) is 9.47 Å². The van der Waals surface area contributed by atoms with Crippen LogP contribution in [0.2, 0.25) is 0 Å². The van der Waals surface area contributed by atoms with E-state index in [1.54, 1.807) is 12.0 Å². The van der Waals surface area contributed by atoms with Crippen LogP contribution >= 0.6 is 0 Å². The lowest BCUT2D eigenvalue weighted by atomic mass is 10.3. The van der Waals surface area contributed by atoms with Gasteiger partial charge in [0.05, 0.1) is 19.8 Å². The quantitative estimate of drug-likeness (QED) is 0.653. The van der Waals surface area contributed by atoms with E-state index in [4.69, 9.17) is 4.74 Å². The Morgan fingerprint density at radius 2 is 2.00 bits per heavy atom. The largest absolute Gasteiger partial charge is 0.453 e. The fraction of sp³-hybridized carbons (Fsp3) is 0.900. The Balaban J connectivity index is 0.000000500. The number of nitrogens with zero attached hydrogens (tertiary/aromatic N) is 1. The number of methoxy groups -OCH3 is 2. The van der Waals surface area contributed by atoms with Gasteiger partial charge in [-0.15, -0.1) is 0 Å². The summed E-state index contributed by atoms with van der Waals surface area (Å²) in [5, 5.41) is 0. The van der Waals surface area contributed by atoms with Crippen molar-refractivity contribution >= 4 is 6.09 Å². The maximum Gasteiger partial charge on any atom is 0.409 e. The second-order valence-electron chi connectivity index (χ2n) is 3.27. The van der Waals surface area contributed by atoms with E-state index in [1.165, 1.54) is 13.5 Å². The zero-order valence-corrected chi connectivity index (χ0v) is 9.58. The minimum absolute atomic E-state index is 0.189. The van der Waals surface area contributed by atoms with Gasteiger partial charge in [0.1, 0.15) is 0 Å². The summed E-state index contributed by atoms with van der Waals surface area (Å²) in [5.41, 5.74) is 0. The van der Waals surface area contributed by atoms with Gasteiger partial charge >= 0.3 is 6.09 Å². The van der Waals surface area contributed by atoms with Crippen LogP contribution in [0.3, 0.4) is 0 Å². The molecule has 0 aromatic heterocycles. The first-order chi connectivity index (χ1) is 6.69. The first-order valence-electron chi connectivity index (χ1n) is 5.05. The molecule has 0 aliphatic carbocycles. The molecular weight excluding hydrogens is 182 g/mol. The summed E-state index contributed by atoms with van der Waals surface area (Å²) in [5.74, 6) is 0. The summed E-state index contributed by atoms with van der Waals surface area (Å²) < 4.78 is 9.64. The zero-order chi connectivity index (χ0) is 11.0. The van der Waals surface area contributed by atoms with Gasteiger partial charge in [0.2, 0.25) is 0 Å². The number of hydrogen-bond acceptors (Lipinski definition) is 3. The molecule has 0 aromatic carbocycles. The van der Waals surface area contributed by atoms with Gasteiger partial charge in [-0.1, -0.05) is 20.3 Å². The number of hydrogen-bond donors (Lipinski definition) is 0. The fourth-order valence-corrected chi connectivity index (χ4v) is 1.22. The Morgan fingerprint density at radius 3 is 2.36 bits per heavy atom. The van der Waals surface area contributed by atoms with Gasteiger partial charge in [-0.2, -0.15) is 0 Å². The molecule has 14 heavy (non-hydrogen) atoms. The third-order valence-corrected chi connectivity index (χ3v) is 1.91. The molecule has 1 heterocycles. The molecule has 4 heteroatoms. The van der Waals surface area contributed by atoms with Gasteiger partial charge in [-0.25, -0.2) is 4.79 Å². The van der Waals surface area contributed by atoms with Crippen molar-refractivity contribution in [1.82, 2.24) is 4.90 Å². The molecule has 1 aliphatic heterocycles. The smallest absolute Gasteiger partial charge is 0.409 e. The van der Waals surface area contributed by atoms with E-state index >= 15 is 0 Å². The van der Waals surface area contributed by atoms with Crippen molar-refractivity contribution in [2.45, 2.75) is 32.8 Å². The van der Waals surface area contributed by atoms with Crippen molar-refractivity contribution in [3.63, 3.8) is 0 Å². The maximum absolute atomic E-state index is 10.9. The van der Waals surface area contributed by atoms with Crippen molar-refractivity contribution in [3.05, 3.63) is 0 Å². The topological polar surface area (TPSA) is 38.8 Å². The van der Waals surface area contributed by atoms with Crippen LogP contribution in [-0.4, -0.2) is 44.4 Å². The van der Waals surface area contributed by atoms with Gasteiger partial charge < -0.3 is 14.4 Å². The highest BCUT2D eigenvalue weighted by atomic mass is 16.5. The molecule has 1 rings (SSSR count). The standard InChI is InChI=1S/C7H13NO3.C3H8/c1-10-6-3-4-8(5-6)7(9)11-2;1-3-2/h6H,3-5H2,1-2H3;3H2,1-2H3/t6-;/m0./s1. The highest BCUT2D eigenvalue weighted by Crippen LogP contribution is 2.11. The lowest BCUT2D eigenvalue weighted by Crippen LogP contribution is -2.29. The summed E-state index contributed by atoms with van der Waals surface area (Å²) in [6.45, 7) is 5.65. The molecule has 4 nitrogen and oxygen atoms in total. The number of rotatable bonds is 1. The normalized spacial score (nSPS) is 20.0. The first-order valence-corrected chi connectivity index (χ1v) is 5.05. The number of ether oxygens (including phenoxy) is 2. The van der Waals surface area contributed by atoms with Gasteiger partial charge in [0, 0.05) is 13.7 Å². The lowest BCUT2D eigenvalue weighted by Gasteiger charge is -2.13. The van der Waals surface area contributed by atoms with E-state index < -0.39 is 0 Å². The number of likely N-dealkylation sites (tertiary alicyclic amines) is 1. The van der Waals surface area contributed by atoms with Gasteiger partial charge in [0.25, 0.3) is 0 Å². The molecule has 0 unspecified atom stereocenters. The van der Waals surface area contributed by atoms with E-state index in [1.807, 2.05) is 0 Å². The number of carbonyl (C=O) groups excluding carboxylic acids is 1. The van der Waals surface area contributed by atoms with Gasteiger partial charge in [0.15, 0.2) is 0 Å². The second-order valence-corrected chi connectivity index (χ2v) is 3.27. The van der Waals surface area contributed by atoms with Crippen molar-refractivity contribution in [2.75, 3.05) is 27.3 Å². The lowest BCUT2D eigenvalue weighted by molar-refractivity contribution is 0.0974. The predicted octanol–water partition coefficient (Wildman–Crippen LogP) is 1.89. The SMILES string of the molecule is CCC.COC(=O)N1CC[C@H](OC)C1. The summed E-state index contributed by atoms with van der Waals surface area (Å²) in [6.07, 6.45) is 2.09. The number of carbonyl (C=O) groups is 1. The van der Waals surface area contributed by atoms with Gasteiger partial charge in [-0.3, -0.25) is 0 Å². The van der Waals surface area contributed by atoms with Crippen LogP contribution in [0.1, 0.15) is 26.7 Å². The molecule has 1 aliphatic rings. The summed E-state index contributed by atoms with van der Waals surface area (Å²) in [4.78, 5) is 12.6. The van der Waals surface area contributed by atoms with Crippen molar-refractivity contribution < 1.29 is 14.3 Å². The molecular formula is C10H21NO3. The second kappa shape index (κ2) is 7.62. The van der Waals surface area contributed by atoms with E-state index in [0.29, 0.717) is 6.54 Å². The van der Waals surface area contributed by atoms with E-state index in [2.05, 4.69) is 18.6 Å². The minimum Gasteiger partial charge on any atom is -0.453 e. The average molecular weight is 203 g/mol. The molecule has 1 saturated heterocycles. The molecule has 84 valence electrons. The molecule has 1 atom stereocenters. The molecule has 0 saturated carbocycles. The van der Waals surface area contributed by atoms with Crippen LogP contribution in [0.15, 0.2) is 0 Å². The Bertz CT molecular complexity index is 161. The van der Waals surface area contributed by atoms with Crippen LogP contribution in [0.5, 0.6) is 0 Å². The molecule has 0 spiro atoms. The molecule has 1 fully saturated rings. The zero-order valence-electron chi connectivity index (χ0n) is 9.58. The fourth-order valence-electron chi connectivity index (χ4n) is 1.22. The Morgan fingerprint density at radius 1 is 1.43 bits per heavy atom. The van der Waals surface area contributed by atoms with E-state index in [9.17, 15) is 4.79 Å². The van der Waals surface area contributed by atoms with E-state index in [-0.39, 0.29) is 12.2 Å². The minimum atomic E-state index is -0.260. The van der Waals surface area contributed by atoms with Crippen LogP contribution in [0.4, 0.5) is 4.79 Å². The molecule has 0 bridgehead atoms. The van der Waals surface area contributed by atoms with Crippen LogP contribution in [0.25, 0.3) is 0 Å². The molecule has 1 amide bonds. The monoisotopic (exact) mass is 203 g/mol. The highest BCUT2D eigenvalue weighted by molar-refractivity contribution is 5.67. The van der Waals surface area contributed by atoms with Crippen LogP contribution < -0.4 is 0 Å². The maximum atomic E-state index is 10.9. The Hall–Kier alpha value is -0.770. The molecule has 0 N–H and O–H groups in total. The first kappa shape index (κ1) is 13.2. The van der Waals surface area contributed by atoms with Crippen molar-refractivity contribution in [2.24, 2.45) is 0 Å². The Kier molecular flexibility index (Phi) is 7.20.